The number of hydrogen-bond acceptors (Lipinski definition) is 4. The summed E-state index contributed by atoms with van der Waals surface area (Å²) < 4.78 is 1.68. The maximum atomic E-state index is 12.3. The average Bonchev–Trinajstić information content (AvgIpc) is 2.88. The van der Waals surface area contributed by atoms with Gasteiger partial charge in [0.25, 0.3) is 0 Å². The smallest absolute Gasteiger partial charge is 0.246 e. The predicted molar refractivity (Wildman–Crippen MR) is 94.5 cm³/mol. The average molecular weight is 341 g/mol. The number of carbonyl (C=O) groups is 1. The van der Waals surface area contributed by atoms with E-state index in [-0.39, 0.29) is 18.3 Å². The van der Waals surface area contributed by atoms with Gasteiger partial charge in [-0.1, -0.05) is 12.1 Å². The van der Waals surface area contributed by atoms with Crippen LogP contribution in [0.5, 0.6) is 0 Å². The predicted octanol–water partition coefficient (Wildman–Crippen LogP) is 2.60. The van der Waals surface area contributed by atoms with Crippen molar-refractivity contribution in [3.8, 4) is 0 Å². The van der Waals surface area contributed by atoms with Crippen molar-refractivity contribution >= 4 is 35.8 Å². The van der Waals surface area contributed by atoms with E-state index < -0.39 is 6.04 Å². The molecular weight excluding hydrogens is 320 g/mol. The SMILES string of the molecule is CNC(C(=O)Nc1ccc(CSC)cc1)c1cnn(C)c1.Cl. The molecule has 0 fully saturated rings. The third kappa shape index (κ3) is 4.76. The number of rotatable bonds is 6. The van der Waals surface area contributed by atoms with Gasteiger partial charge < -0.3 is 10.6 Å². The van der Waals surface area contributed by atoms with Gasteiger partial charge in [-0.15, -0.1) is 12.4 Å². The molecule has 0 saturated heterocycles. The van der Waals surface area contributed by atoms with Gasteiger partial charge in [0.1, 0.15) is 6.04 Å². The Kier molecular flexibility index (Phi) is 7.44. The Hall–Kier alpha value is -1.50. The van der Waals surface area contributed by atoms with Gasteiger partial charge in [0.15, 0.2) is 0 Å². The molecule has 7 heteroatoms. The van der Waals surface area contributed by atoms with Crippen molar-refractivity contribution < 1.29 is 4.79 Å². The summed E-state index contributed by atoms with van der Waals surface area (Å²) in [6.07, 6.45) is 5.60. The monoisotopic (exact) mass is 340 g/mol. The number of nitrogens with one attached hydrogen (secondary N) is 2. The molecule has 0 aliphatic carbocycles. The lowest BCUT2D eigenvalue weighted by Crippen LogP contribution is -2.30. The van der Waals surface area contributed by atoms with Gasteiger partial charge in [0.05, 0.1) is 6.20 Å². The third-order valence-corrected chi connectivity index (χ3v) is 3.76. The number of hydrogen-bond donors (Lipinski definition) is 2. The number of carbonyl (C=O) groups excluding carboxylic acids is 1. The molecular formula is C15H21ClN4OS. The molecule has 22 heavy (non-hydrogen) atoms. The minimum atomic E-state index is -0.412. The van der Waals surface area contributed by atoms with E-state index in [0.717, 1.165) is 17.0 Å². The Morgan fingerprint density at radius 3 is 2.55 bits per heavy atom. The Balaban J connectivity index is 0.00000242. The highest BCUT2D eigenvalue weighted by Crippen LogP contribution is 2.17. The minimum absolute atomic E-state index is 0. The summed E-state index contributed by atoms with van der Waals surface area (Å²) in [5.74, 6) is 0.881. The molecule has 1 aromatic heterocycles. The highest BCUT2D eigenvalue weighted by atomic mass is 35.5. The number of amides is 1. The molecule has 1 aromatic carbocycles. The first-order valence-corrected chi connectivity index (χ1v) is 8.08. The number of nitrogens with zero attached hydrogens (tertiary/aromatic N) is 2. The van der Waals surface area contributed by atoms with E-state index in [0.29, 0.717) is 0 Å². The zero-order valence-corrected chi connectivity index (χ0v) is 14.5. The molecule has 2 aromatic rings. The molecule has 5 nitrogen and oxygen atoms in total. The molecule has 0 aliphatic heterocycles. The van der Waals surface area contributed by atoms with Crippen LogP contribution in [-0.2, 0) is 17.6 Å². The fourth-order valence-electron chi connectivity index (χ4n) is 2.10. The van der Waals surface area contributed by atoms with Crippen molar-refractivity contribution in [1.29, 1.82) is 0 Å². The molecule has 1 unspecified atom stereocenters. The molecule has 1 amide bonds. The largest absolute Gasteiger partial charge is 0.324 e. The normalized spacial score (nSPS) is 11.6. The van der Waals surface area contributed by atoms with Crippen LogP contribution in [0.1, 0.15) is 17.2 Å². The Morgan fingerprint density at radius 2 is 2.05 bits per heavy atom. The van der Waals surface area contributed by atoms with Crippen molar-refractivity contribution in [3.05, 3.63) is 47.8 Å². The van der Waals surface area contributed by atoms with Crippen molar-refractivity contribution in [1.82, 2.24) is 15.1 Å². The molecule has 120 valence electrons. The first kappa shape index (κ1) is 18.5. The first-order chi connectivity index (χ1) is 10.1. The second-order valence-corrected chi connectivity index (χ2v) is 5.65. The summed E-state index contributed by atoms with van der Waals surface area (Å²) >= 11 is 1.78. The van der Waals surface area contributed by atoms with Crippen LogP contribution < -0.4 is 10.6 Å². The summed E-state index contributed by atoms with van der Waals surface area (Å²) in [5.41, 5.74) is 2.89. The Bertz CT molecular complexity index is 600. The second kappa shape index (κ2) is 8.82. The van der Waals surface area contributed by atoms with Gasteiger partial charge in [0, 0.05) is 30.2 Å². The molecule has 0 bridgehead atoms. The molecule has 0 spiro atoms. The number of aryl methyl sites for hydroxylation is 1. The number of likely N-dealkylation sites (N-methyl/N-ethyl adjacent to an activating group) is 1. The summed E-state index contributed by atoms with van der Waals surface area (Å²) in [6.45, 7) is 0. The number of anilines is 1. The quantitative estimate of drug-likeness (QED) is 0.848. The molecule has 1 atom stereocenters. The standard InChI is InChI=1S/C15H20N4OS.ClH/c1-16-14(12-8-17-19(2)9-12)15(20)18-13-6-4-11(5-7-13)10-21-3;/h4-9,14,16H,10H2,1-3H3,(H,18,20);1H. The van der Waals surface area contributed by atoms with Crippen LogP contribution >= 0.6 is 24.2 Å². The highest BCUT2D eigenvalue weighted by molar-refractivity contribution is 7.97. The van der Waals surface area contributed by atoms with Gasteiger partial charge in [-0.3, -0.25) is 9.48 Å². The zero-order valence-electron chi connectivity index (χ0n) is 12.9. The zero-order chi connectivity index (χ0) is 15.2. The van der Waals surface area contributed by atoms with E-state index in [1.165, 1.54) is 5.56 Å². The Labute approximate surface area is 141 Å². The fraction of sp³-hybridized carbons (Fsp3) is 0.333. The van der Waals surface area contributed by atoms with E-state index in [9.17, 15) is 4.79 Å². The third-order valence-electron chi connectivity index (χ3n) is 3.14. The summed E-state index contributed by atoms with van der Waals surface area (Å²) in [7, 11) is 3.59. The van der Waals surface area contributed by atoms with Crippen LogP contribution in [0.3, 0.4) is 0 Å². The number of aromatic nitrogens is 2. The van der Waals surface area contributed by atoms with Gasteiger partial charge >= 0.3 is 0 Å². The lowest BCUT2D eigenvalue weighted by Gasteiger charge is -2.14. The van der Waals surface area contributed by atoms with E-state index in [4.69, 9.17) is 0 Å². The van der Waals surface area contributed by atoms with Gasteiger partial charge in [-0.05, 0) is 31.0 Å². The molecule has 0 radical (unpaired) electrons. The van der Waals surface area contributed by atoms with Crippen molar-refractivity contribution in [2.75, 3.05) is 18.6 Å². The second-order valence-electron chi connectivity index (χ2n) is 4.79. The van der Waals surface area contributed by atoms with Crippen molar-refractivity contribution in [3.63, 3.8) is 0 Å². The fourth-order valence-corrected chi connectivity index (χ4v) is 2.63. The van der Waals surface area contributed by atoms with Crippen LogP contribution in [0.25, 0.3) is 0 Å². The van der Waals surface area contributed by atoms with Crippen LogP contribution in [0.2, 0.25) is 0 Å². The summed E-state index contributed by atoms with van der Waals surface area (Å²) in [5, 5.41) is 10.0. The topological polar surface area (TPSA) is 59.0 Å². The molecule has 1 heterocycles. The highest BCUT2D eigenvalue weighted by Gasteiger charge is 2.20. The minimum Gasteiger partial charge on any atom is -0.324 e. The Morgan fingerprint density at radius 1 is 1.36 bits per heavy atom. The van der Waals surface area contributed by atoms with E-state index in [2.05, 4.69) is 22.0 Å². The van der Waals surface area contributed by atoms with E-state index >= 15 is 0 Å². The summed E-state index contributed by atoms with van der Waals surface area (Å²) in [4.78, 5) is 12.3. The molecule has 2 N–H and O–H groups in total. The summed E-state index contributed by atoms with van der Waals surface area (Å²) in [6, 6.07) is 7.51. The molecule has 0 aliphatic rings. The van der Waals surface area contributed by atoms with Crippen molar-refractivity contribution in [2.45, 2.75) is 11.8 Å². The van der Waals surface area contributed by atoms with Gasteiger partial charge in [-0.25, -0.2) is 0 Å². The van der Waals surface area contributed by atoms with Crippen LogP contribution in [0.15, 0.2) is 36.7 Å². The first-order valence-electron chi connectivity index (χ1n) is 6.68. The lowest BCUT2D eigenvalue weighted by atomic mass is 10.1. The maximum absolute atomic E-state index is 12.3. The van der Waals surface area contributed by atoms with Gasteiger partial charge in [-0.2, -0.15) is 16.9 Å². The van der Waals surface area contributed by atoms with Crippen LogP contribution in [0, 0.1) is 0 Å². The van der Waals surface area contributed by atoms with Crippen LogP contribution in [-0.4, -0.2) is 29.0 Å². The number of thioether (sulfide) groups is 1. The van der Waals surface area contributed by atoms with E-state index in [1.807, 2.05) is 37.5 Å². The lowest BCUT2D eigenvalue weighted by molar-refractivity contribution is -0.118. The maximum Gasteiger partial charge on any atom is 0.246 e. The number of halogens is 1. The van der Waals surface area contributed by atoms with Gasteiger partial charge in [0.2, 0.25) is 5.91 Å². The molecule has 2 rings (SSSR count). The van der Waals surface area contributed by atoms with Crippen LogP contribution in [0.4, 0.5) is 5.69 Å². The van der Waals surface area contributed by atoms with Crippen molar-refractivity contribution in [2.24, 2.45) is 7.05 Å². The number of benzene rings is 1. The molecule has 0 saturated carbocycles. The van der Waals surface area contributed by atoms with E-state index in [1.54, 1.807) is 29.7 Å².